The molecule has 0 aliphatic carbocycles. The summed E-state index contributed by atoms with van der Waals surface area (Å²) in [6.07, 6.45) is 0. The number of rotatable bonds is 4. The molecule has 12 heteroatoms. The maximum absolute atomic E-state index is 7.39. The molecule has 0 saturated carbocycles. The van der Waals surface area contributed by atoms with Crippen LogP contribution < -0.4 is 0 Å². The van der Waals surface area contributed by atoms with Crippen LogP contribution in [0.15, 0.2) is 133 Å². The van der Waals surface area contributed by atoms with Crippen molar-refractivity contribution in [3.05, 3.63) is 176 Å². The molecule has 0 unspecified atom stereocenters. The smallest absolute Gasteiger partial charge is 0.0940 e. The topological polar surface area (TPSA) is 35.6 Å². The Morgan fingerprint density at radius 2 is 0.696 bits per heavy atom. The van der Waals surface area contributed by atoms with Crippen LogP contribution in [0.3, 0.4) is 0 Å². The predicted octanol–water partition coefficient (Wildman–Crippen LogP) is 15.8. The van der Waals surface area contributed by atoms with E-state index in [9.17, 15) is 0 Å². The van der Waals surface area contributed by atoms with Crippen LogP contribution >= 0.6 is 92.8 Å². The molecule has 274 valence electrons. The van der Waals surface area contributed by atoms with Gasteiger partial charge in [-0.25, -0.2) is 9.97 Å². The van der Waals surface area contributed by atoms with Crippen molar-refractivity contribution in [2.24, 2.45) is 0 Å². The SMILES string of the molecule is ClC1=C(Cl)c2cc3c(Cl)c(Cl)c(c(-c4ccccc4)c4nc(c(-c5ccccc5)c5c(Cl)c(Cl)c(cc1n2)n5-c1ccccc1)C(Cl)=C4Cl)n3-c1ccccc1. The van der Waals surface area contributed by atoms with Gasteiger partial charge in [-0.15, -0.1) is 0 Å². The van der Waals surface area contributed by atoms with Gasteiger partial charge in [0.25, 0.3) is 0 Å². The summed E-state index contributed by atoms with van der Waals surface area (Å²) in [6.45, 7) is 0. The Hall–Kier alpha value is -4.20. The Labute approximate surface area is 361 Å². The molecule has 0 radical (unpaired) electrons. The second-order valence-electron chi connectivity index (χ2n) is 12.8. The molecule has 3 aromatic heterocycles. The highest BCUT2D eigenvalue weighted by Gasteiger charge is 2.31. The zero-order valence-electron chi connectivity index (χ0n) is 28.5. The first kappa shape index (κ1) is 37.4. The van der Waals surface area contributed by atoms with Gasteiger partial charge < -0.3 is 9.13 Å². The summed E-state index contributed by atoms with van der Waals surface area (Å²) in [5.41, 5.74) is 7.53. The molecule has 9 rings (SSSR count). The Balaban J connectivity index is 1.64. The van der Waals surface area contributed by atoms with E-state index in [0.717, 1.165) is 22.5 Å². The Morgan fingerprint density at radius 1 is 0.357 bits per heavy atom. The van der Waals surface area contributed by atoms with E-state index in [1.165, 1.54) is 0 Å². The average molecular weight is 890 g/mol. The van der Waals surface area contributed by atoms with Crippen LogP contribution in [0.2, 0.25) is 20.1 Å². The third kappa shape index (κ3) is 6.07. The quantitative estimate of drug-likeness (QED) is 0.176. The van der Waals surface area contributed by atoms with E-state index >= 15 is 0 Å². The average Bonchev–Trinajstić information content (AvgIpc) is 3.84. The molecule has 0 saturated heterocycles. The van der Waals surface area contributed by atoms with Crippen molar-refractivity contribution in [2.75, 3.05) is 0 Å². The molecule has 0 amide bonds. The van der Waals surface area contributed by atoms with Gasteiger partial charge in [0.1, 0.15) is 0 Å². The standard InChI is InChI=1S/C44H22Cl8N4/c45-33-27-21-29-35(47)39(51)43(55(29)25-17-9-3-10-18-25)31(23-13-5-1-6-14-23)41-37(49)38(50)42(54-41)32(24-15-7-2-8-16-24)44-40(52)36(48)30(22-28(53-27)34(33)46)56(44)26-19-11-4-12-20-26/h1-22H. The second kappa shape index (κ2) is 14.9. The van der Waals surface area contributed by atoms with E-state index in [0.29, 0.717) is 56.0 Å². The number of halogens is 8. The lowest BCUT2D eigenvalue weighted by Gasteiger charge is -2.13. The second-order valence-corrected chi connectivity index (χ2v) is 15.8. The van der Waals surface area contributed by atoms with Crippen LogP contribution in [0.25, 0.3) is 75.8 Å². The van der Waals surface area contributed by atoms with Gasteiger partial charge in [0.2, 0.25) is 0 Å². The minimum absolute atomic E-state index is 0.195. The van der Waals surface area contributed by atoms with Crippen LogP contribution in [0.5, 0.6) is 0 Å². The van der Waals surface area contributed by atoms with Gasteiger partial charge in [-0.05, 0) is 47.5 Å². The third-order valence-electron chi connectivity index (χ3n) is 9.54. The Bertz CT molecular complexity index is 2780. The predicted molar refractivity (Wildman–Crippen MR) is 239 cm³/mol. The van der Waals surface area contributed by atoms with E-state index in [2.05, 4.69) is 0 Å². The highest BCUT2D eigenvalue weighted by molar-refractivity contribution is 6.67. The Morgan fingerprint density at radius 3 is 1.05 bits per heavy atom. The van der Waals surface area contributed by atoms with Crippen LogP contribution in [0, 0.1) is 0 Å². The van der Waals surface area contributed by atoms with Gasteiger partial charge in [0, 0.05) is 22.5 Å². The molecule has 0 N–H and O–H groups in total. The van der Waals surface area contributed by atoms with Crippen molar-refractivity contribution in [1.29, 1.82) is 0 Å². The fourth-order valence-electron chi connectivity index (χ4n) is 7.09. The summed E-state index contributed by atoms with van der Waals surface area (Å²) in [5.74, 6) is 0. The normalized spacial score (nSPS) is 12.9. The highest BCUT2D eigenvalue weighted by Crippen LogP contribution is 2.51. The number of hydrogen-bond acceptors (Lipinski definition) is 2. The first-order chi connectivity index (χ1) is 27.2. The third-order valence-corrected chi connectivity index (χ3v) is 12.9. The molecule has 5 heterocycles. The fourth-order valence-corrected chi connectivity index (χ4v) is 8.94. The molecular formula is C44H22Cl8N4. The van der Waals surface area contributed by atoms with E-state index in [1.807, 2.05) is 130 Å². The molecule has 0 spiro atoms. The lowest BCUT2D eigenvalue weighted by atomic mass is 10.0. The summed E-state index contributed by atoms with van der Waals surface area (Å²) in [5, 5.41) is 1.77. The van der Waals surface area contributed by atoms with Crippen molar-refractivity contribution in [2.45, 2.75) is 0 Å². The molecule has 4 nitrogen and oxygen atoms in total. The van der Waals surface area contributed by atoms with Crippen LogP contribution in [-0.4, -0.2) is 19.1 Å². The van der Waals surface area contributed by atoms with Crippen molar-refractivity contribution < 1.29 is 0 Å². The summed E-state index contributed by atoms with van der Waals surface area (Å²) in [7, 11) is 0. The minimum atomic E-state index is 0.195. The van der Waals surface area contributed by atoms with Gasteiger partial charge in [0.15, 0.2) is 0 Å². The van der Waals surface area contributed by atoms with Crippen LogP contribution in [0.4, 0.5) is 0 Å². The van der Waals surface area contributed by atoms with E-state index in [4.69, 9.17) is 103 Å². The van der Waals surface area contributed by atoms with Crippen molar-refractivity contribution in [3.8, 4) is 33.6 Å². The van der Waals surface area contributed by atoms with E-state index < -0.39 is 0 Å². The lowest BCUT2D eigenvalue weighted by Crippen LogP contribution is -1.98. The number of fused-ring (bicyclic) bond motifs is 8. The largest absolute Gasteiger partial charge is 0.307 e. The number of nitrogens with zero attached hydrogens (tertiary/aromatic N) is 4. The van der Waals surface area contributed by atoms with Crippen molar-refractivity contribution in [3.63, 3.8) is 0 Å². The molecule has 2 aliphatic heterocycles. The van der Waals surface area contributed by atoms with E-state index in [-0.39, 0.29) is 40.2 Å². The van der Waals surface area contributed by atoms with Gasteiger partial charge in [-0.3, -0.25) is 0 Å². The summed E-state index contributed by atoms with van der Waals surface area (Å²) < 4.78 is 3.86. The zero-order chi connectivity index (χ0) is 38.8. The highest BCUT2D eigenvalue weighted by atomic mass is 35.5. The van der Waals surface area contributed by atoms with Gasteiger partial charge in [-0.1, -0.05) is 190 Å². The first-order valence-corrected chi connectivity index (χ1v) is 20.1. The maximum atomic E-state index is 7.39. The summed E-state index contributed by atoms with van der Waals surface area (Å²) in [4.78, 5) is 10.3. The van der Waals surface area contributed by atoms with Gasteiger partial charge >= 0.3 is 0 Å². The molecule has 4 aromatic carbocycles. The van der Waals surface area contributed by atoms with Crippen molar-refractivity contribution >= 4 is 135 Å². The Kier molecular flexibility index (Phi) is 9.98. The molecule has 56 heavy (non-hydrogen) atoms. The molecule has 0 atom stereocenters. The lowest BCUT2D eigenvalue weighted by molar-refractivity contribution is 1.16. The molecule has 8 bridgehead atoms. The molecule has 0 fully saturated rings. The number of para-hydroxylation sites is 2. The monoisotopic (exact) mass is 886 g/mol. The van der Waals surface area contributed by atoms with Gasteiger partial charge in [-0.2, -0.15) is 0 Å². The van der Waals surface area contributed by atoms with E-state index in [1.54, 1.807) is 12.1 Å². The summed E-state index contributed by atoms with van der Waals surface area (Å²) >= 11 is 58.0. The molecule has 7 aromatic rings. The number of benzene rings is 4. The van der Waals surface area contributed by atoms with Gasteiger partial charge in [0.05, 0.1) is 85.1 Å². The number of aromatic nitrogens is 4. The fraction of sp³-hybridized carbons (Fsp3) is 0. The molecular weight excluding hydrogens is 868 g/mol. The van der Waals surface area contributed by atoms with Crippen molar-refractivity contribution in [1.82, 2.24) is 19.1 Å². The first-order valence-electron chi connectivity index (χ1n) is 17.0. The zero-order valence-corrected chi connectivity index (χ0v) is 34.6. The number of hydrogen-bond donors (Lipinski definition) is 0. The maximum Gasteiger partial charge on any atom is 0.0940 e. The van der Waals surface area contributed by atoms with Crippen LogP contribution in [-0.2, 0) is 0 Å². The molecule has 2 aliphatic rings. The summed E-state index contributed by atoms with van der Waals surface area (Å²) in [6, 6.07) is 42.1. The van der Waals surface area contributed by atoms with Crippen LogP contribution in [0.1, 0.15) is 22.8 Å². The minimum Gasteiger partial charge on any atom is -0.307 e.